The van der Waals surface area contributed by atoms with Gasteiger partial charge in [-0.25, -0.2) is 4.68 Å². The zero-order valence-corrected chi connectivity index (χ0v) is 12.5. The predicted molar refractivity (Wildman–Crippen MR) is 74.2 cm³/mol. The second kappa shape index (κ2) is 4.94. The van der Waals surface area contributed by atoms with Gasteiger partial charge < -0.3 is 4.90 Å². The molecule has 0 spiro atoms. The summed E-state index contributed by atoms with van der Waals surface area (Å²) in [6, 6.07) is 0.211. The van der Waals surface area contributed by atoms with E-state index in [2.05, 4.69) is 20.5 Å². The maximum atomic E-state index is 12.1. The lowest BCUT2D eigenvalue weighted by molar-refractivity contribution is -0.145. The number of nitrogens with zero attached hydrogens (tertiary/aromatic N) is 7. The summed E-state index contributed by atoms with van der Waals surface area (Å²) in [5.41, 5.74) is 0.483. The van der Waals surface area contributed by atoms with Crippen molar-refractivity contribution in [3.63, 3.8) is 0 Å². The molecule has 8 nitrogen and oxygen atoms in total. The van der Waals surface area contributed by atoms with Crippen molar-refractivity contribution >= 4 is 5.91 Å². The minimum absolute atomic E-state index is 0.180. The highest BCUT2D eigenvalue weighted by atomic mass is 16.2. The normalized spacial score (nSPS) is 16.0. The lowest BCUT2D eigenvalue weighted by Crippen LogP contribution is -2.54. The Morgan fingerprint density at radius 2 is 1.95 bits per heavy atom. The smallest absolute Gasteiger partial charge is 0.228 e. The van der Waals surface area contributed by atoms with Gasteiger partial charge in [0.1, 0.15) is 12.2 Å². The molecule has 2 aromatic rings. The van der Waals surface area contributed by atoms with Crippen LogP contribution in [0.4, 0.5) is 0 Å². The molecule has 0 N–H and O–H groups in total. The summed E-state index contributed by atoms with van der Waals surface area (Å²) in [5.74, 6) is 0.180. The lowest BCUT2D eigenvalue weighted by atomic mass is 9.92. The average molecular weight is 289 g/mol. The fraction of sp³-hybridized carbons (Fsp3) is 0.615. The van der Waals surface area contributed by atoms with E-state index in [9.17, 15) is 4.79 Å². The molecule has 112 valence electrons. The van der Waals surface area contributed by atoms with E-state index in [-0.39, 0.29) is 17.4 Å². The van der Waals surface area contributed by atoms with E-state index in [0.29, 0.717) is 19.6 Å². The summed E-state index contributed by atoms with van der Waals surface area (Å²) in [6.07, 6.45) is 5.16. The molecule has 3 heterocycles. The summed E-state index contributed by atoms with van der Waals surface area (Å²) < 4.78 is 1.82. The highest BCUT2D eigenvalue weighted by Crippen LogP contribution is 2.26. The number of hydrogen-bond acceptors (Lipinski definition) is 5. The molecule has 0 unspecified atom stereocenters. The van der Waals surface area contributed by atoms with Crippen molar-refractivity contribution in [3.05, 3.63) is 24.3 Å². The second-order valence-corrected chi connectivity index (χ2v) is 6.36. The van der Waals surface area contributed by atoms with E-state index in [1.54, 1.807) is 17.2 Å². The molecule has 1 amide bonds. The number of likely N-dealkylation sites (tertiary alicyclic amines) is 1. The van der Waals surface area contributed by atoms with Gasteiger partial charge in [0.15, 0.2) is 0 Å². The third-order valence-corrected chi connectivity index (χ3v) is 3.49. The van der Waals surface area contributed by atoms with Crippen LogP contribution >= 0.6 is 0 Å². The number of carbonyl (C=O) groups excluding carboxylic acids is 1. The van der Waals surface area contributed by atoms with E-state index in [0.717, 1.165) is 5.69 Å². The topological polar surface area (TPSA) is 81.7 Å². The van der Waals surface area contributed by atoms with Gasteiger partial charge in [-0.2, -0.15) is 15.0 Å². The molecule has 1 aliphatic heterocycles. The van der Waals surface area contributed by atoms with Crippen molar-refractivity contribution in [1.29, 1.82) is 0 Å². The molecular weight excluding hydrogens is 270 g/mol. The lowest BCUT2D eigenvalue weighted by Gasteiger charge is -2.41. The fourth-order valence-corrected chi connectivity index (χ4v) is 2.30. The number of aromatic nitrogens is 6. The Balaban J connectivity index is 1.58. The zero-order chi connectivity index (χ0) is 15.0. The summed E-state index contributed by atoms with van der Waals surface area (Å²) >= 11 is 0. The average Bonchev–Trinajstić information content (AvgIpc) is 2.98. The molecule has 0 saturated carbocycles. The predicted octanol–water partition coefficient (Wildman–Crippen LogP) is 0.347. The molecule has 0 radical (unpaired) electrons. The Morgan fingerprint density at radius 1 is 1.29 bits per heavy atom. The molecule has 1 aliphatic rings. The van der Waals surface area contributed by atoms with E-state index >= 15 is 0 Å². The van der Waals surface area contributed by atoms with Gasteiger partial charge >= 0.3 is 0 Å². The number of carbonyl (C=O) groups is 1. The molecule has 1 fully saturated rings. The molecule has 21 heavy (non-hydrogen) atoms. The van der Waals surface area contributed by atoms with Crippen molar-refractivity contribution in [1.82, 2.24) is 34.9 Å². The van der Waals surface area contributed by atoms with Gasteiger partial charge in [-0.3, -0.25) is 4.79 Å². The Labute approximate surface area is 122 Å². The van der Waals surface area contributed by atoms with E-state index in [1.165, 1.54) is 0 Å². The van der Waals surface area contributed by atoms with Crippen molar-refractivity contribution in [3.8, 4) is 0 Å². The minimum atomic E-state index is -0.329. The maximum Gasteiger partial charge on any atom is 0.228 e. The monoisotopic (exact) mass is 289 g/mol. The highest BCUT2D eigenvalue weighted by molar-refractivity contribution is 5.82. The van der Waals surface area contributed by atoms with Crippen LogP contribution < -0.4 is 0 Å². The van der Waals surface area contributed by atoms with Crippen LogP contribution in [-0.2, 0) is 11.3 Å². The first-order valence-electron chi connectivity index (χ1n) is 6.97. The highest BCUT2D eigenvalue weighted by Gasteiger charge is 2.37. The van der Waals surface area contributed by atoms with Gasteiger partial charge in [0, 0.05) is 18.5 Å². The van der Waals surface area contributed by atoms with Crippen LogP contribution in [0, 0.1) is 5.41 Å². The first-order valence-corrected chi connectivity index (χ1v) is 6.97. The Bertz CT molecular complexity index is 619. The van der Waals surface area contributed by atoms with Crippen LogP contribution in [0.5, 0.6) is 0 Å². The van der Waals surface area contributed by atoms with Crippen LogP contribution in [-0.4, -0.2) is 53.9 Å². The largest absolute Gasteiger partial charge is 0.338 e. The first kappa shape index (κ1) is 13.7. The Kier molecular flexibility index (Phi) is 3.23. The summed E-state index contributed by atoms with van der Waals surface area (Å²) in [5, 5.41) is 16.3. The Morgan fingerprint density at radius 3 is 2.57 bits per heavy atom. The van der Waals surface area contributed by atoms with E-state index in [1.807, 2.05) is 36.5 Å². The zero-order valence-electron chi connectivity index (χ0n) is 12.5. The van der Waals surface area contributed by atoms with E-state index in [4.69, 9.17) is 0 Å². The second-order valence-electron chi connectivity index (χ2n) is 6.36. The summed E-state index contributed by atoms with van der Waals surface area (Å²) in [7, 11) is 0. The molecule has 3 rings (SSSR count). The van der Waals surface area contributed by atoms with Crippen molar-refractivity contribution < 1.29 is 4.79 Å². The Hall–Kier alpha value is -2.25. The standard InChI is InChI=1S/C13H19N7O/c1-13(2,3)12(21)18-8-11(9-18)19-6-10(16-17-19)7-20-14-4-5-15-20/h4-6,11H,7-9H2,1-3H3. The number of amides is 1. The third kappa shape index (κ3) is 2.79. The van der Waals surface area contributed by atoms with Crippen LogP contribution in [0.2, 0.25) is 0 Å². The van der Waals surface area contributed by atoms with Gasteiger partial charge in [0.05, 0.1) is 24.6 Å². The van der Waals surface area contributed by atoms with Crippen molar-refractivity contribution in [2.45, 2.75) is 33.4 Å². The van der Waals surface area contributed by atoms with Gasteiger partial charge in [0.2, 0.25) is 5.91 Å². The number of hydrogen-bond donors (Lipinski definition) is 0. The van der Waals surface area contributed by atoms with Gasteiger partial charge in [0.25, 0.3) is 0 Å². The third-order valence-electron chi connectivity index (χ3n) is 3.49. The molecule has 0 bridgehead atoms. The molecule has 1 saturated heterocycles. The molecule has 2 aromatic heterocycles. The fourth-order valence-electron chi connectivity index (χ4n) is 2.30. The summed E-state index contributed by atoms with van der Waals surface area (Å²) in [6.45, 7) is 7.70. The van der Waals surface area contributed by atoms with Crippen LogP contribution in [0.1, 0.15) is 32.5 Å². The minimum Gasteiger partial charge on any atom is -0.338 e. The van der Waals surface area contributed by atoms with Crippen molar-refractivity contribution in [2.24, 2.45) is 5.41 Å². The van der Waals surface area contributed by atoms with Gasteiger partial charge in [-0.1, -0.05) is 26.0 Å². The maximum absolute atomic E-state index is 12.1. The molecular formula is C13H19N7O. The molecule has 0 atom stereocenters. The summed E-state index contributed by atoms with van der Waals surface area (Å²) in [4.78, 5) is 15.5. The van der Waals surface area contributed by atoms with Crippen LogP contribution in [0.3, 0.4) is 0 Å². The molecule has 0 aromatic carbocycles. The van der Waals surface area contributed by atoms with Crippen LogP contribution in [0.25, 0.3) is 0 Å². The first-order chi connectivity index (χ1) is 9.93. The quantitative estimate of drug-likeness (QED) is 0.814. The molecule has 8 heteroatoms. The SMILES string of the molecule is CC(C)(C)C(=O)N1CC(n2cc(Cn3nccn3)nn2)C1. The van der Waals surface area contributed by atoms with Gasteiger partial charge in [-0.15, -0.1) is 5.10 Å². The van der Waals surface area contributed by atoms with Gasteiger partial charge in [-0.05, 0) is 0 Å². The molecule has 0 aliphatic carbocycles. The number of rotatable bonds is 3. The van der Waals surface area contributed by atoms with E-state index < -0.39 is 0 Å². The van der Waals surface area contributed by atoms with Crippen LogP contribution in [0.15, 0.2) is 18.6 Å². The van der Waals surface area contributed by atoms with Crippen molar-refractivity contribution in [2.75, 3.05) is 13.1 Å².